The van der Waals surface area contributed by atoms with Crippen molar-refractivity contribution in [2.75, 3.05) is 19.7 Å². The van der Waals surface area contributed by atoms with Gasteiger partial charge in [-0.05, 0) is 25.1 Å². The minimum Gasteiger partial charge on any atom is -0.365 e. The Hall–Kier alpha value is -3.21. The van der Waals surface area contributed by atoms with Crippen LogP contribution >= 0.6 is 0 Å². The van der Waals surface area contributed by atoms with E-state index in [1.807, 2.05) is 19.2 Å². The van der Waals surface area contributed by atoms with Crippen molar-refractivity contribution in [3.8, 4) is 11.4 Å². The number of carbonyl (C=O) groups is 1. The van der Waals surface area contributed by atoms with E-state index in [1.165, 1.54) is 12.1 Å². The molecule has 1 amide bonds. The van der Waals surface area contributed by atoms with Crippen molar-refractivity contribution >= 4 is 5.91 Å². The fraction of sp³-hybridized carbons (Fsp3) is 0.400. The van der Waals surface area contributed by atoms with Gasteiger partial charge in [0.15, 0.2) is 6.10 Å². The van der Waals surface area contributed by atoms with Crippen LogP contribution in [0.1, 0.15) is 29.7 Å². The normalized spacial score (nSPS) is 17.2. The topological polar surface area (TPSA) is 86.3 Å². The fourth-order valence-corrected chi connectivity index (χ4v) is 3.30. The van der Waals surface area contributed by atoms with Gasteiger partial charge in [-0.2, -0.15) is 23.3 Å². The van der Waals surface area contributed by atoms with Crippen molar-refractivity contribution in [2.45, 2.75) is 32.2 Å². The Kier molecular flexibility index (Phi) is 5.77. The lowest BCUT2D eigenvalue weighted by Crippen LogP contribution is -2.42. The number of carbonyl (C=O) groups excluding carboxylic acids is 1. The molecule has 2 aromatic heterocycles. The first-order valence-electron chi connectivity index (χ1n) is 9.70. The lowest BCUT2D eigenvalue weighted by Gasteiger charge is -2.31. The van der Waals surface area contributed by atoms with Gasteiger partial charge in [0.1, 0.15) is 0 Å². The number of aryl methyl sites for hydroxylation is 2. The Morgan fingerprint density at radius 2 is 2.13 bits per heavy atom. The molecule has 3 aromatic rings. The Bertz CT molecular complexity index is 1060. The smallest absolute Gasteiger partial charge is 0.365 e. The second kappa shape index (κ2) is 8.50. The van der Waals surface area contributed by atoms with Crippen LogP contribution in [-0.4, -0.2) is 50.4 Å². The molecule has 0 spiro atoms. The van der Waals surface area contributed by atoms with Crippen molar-refractivity contribution in [3.05, 3.63) is 53.7 Å². The highest BCUT2D eigenvalue weighted by Crippen LogP contribution is 2.32. The number of nitrogens with zero attached hydrogens (tertiary/aromatic N) is 5. The largest absolute Gasteiger partial charge is 0.416 e. The Balaban J connectivity index is 1.41. The zero-order valence-corrected chi connectivity index (χ0v) is 16.7. The number of alkyl halides is 3. The highest BCUT2D eigenvalue weighted by atomic mass is 19.4. The summed E-state index contributed by atoms with van der Waals surface area (Å²) in [6.45, 7) is 3.29. The molecule has 1 saturated heterocycles. The Morgan fingerprint density at radius 3 is 2.87 bits per heavy atom. The summed E-state index contributed by atoms with van der Waals surface area (Å²) in [5.74, 6) is 0.0916. The van der Waals surface area contributed by atoms with Gasteiger partial charge in [-0.15, -0.1) is 0 Å². The number of benzene rings is 1. The molecular weight excluding hydrogens is 415 g/mol. The zero-order valence-electron chi connectivity index (χ0n) is 16.7. The quantitative estimate of drug-likeness (QED) is 0.612. The number of amides is 1. The maximum atomic E-state index is 12.9. The third-order valence-corrected chi connectivity index (χ3v) is 4.91. The molecule has 164 valence electrons. The fourth-order valence-electron chi connectivity index (χ4n) is 3.30. The third-order valence-electron chi connectivity index (χ3n) is 4.91. The zero-order chi connectivity index (χ0) is 22.0. The van der Waals surface area contributed by atoms with Crippen LogP contribution in [0.15, 0.2) is 41.1 Å². The predicted octanol–water partition coefficient (Wildman–Crippen LogP) is 3.25. The van der Waals surface area contributed by atoms with Crippen molar-refractivity contribution in [1.29, 1.82) is 0 Å². The summed E-state index contributed by atoms with van der Waals surface area (Å²) in [4.78, 5) is 18.4. The van der Waals surface area contributed by atoms with Gasteiger partial charge in [0.25, 0.3) is 5.89 Å². The van der Waals surface area contributed by atoms with E-state index in [0.717, 1.165) is 17.8 Å². The second-order valence-corrected chi connectivity index (χ2v) is 7.20. The van der Waals surface area contributed by atoms with Crippen molar-refractivity contribution < 1.29 is 27.2 Å². The number of morpholine rings is 1. The first-order chi connectivity index (χ1) is 14.8. The highest BCUT2D eigenvalue weighted by molar-refractivity contribution is 5.76. The number of aromatic nitrogens is 4. The monoisotopic (exact) mass is 435 g/mol. The number of rotatable bonds is 5. The molecule has 4 rings (SSSR count). The van der Waals surface area contributed by atoms with E-state index in [-0.39, 0.29) is 36.2 Å². The van der Waals surface area contributed by atoms with Crippen LogP contribution in [0.5, 0.6) is 0 Å². The van der Waals surface area contributed by atoms with Gasteiger partial charge in [0.05, 0.1) is 24.4 Å². The van der Waals surface area contributed by atoms with Gasteiger partial charge in [0, 0.05) is 31.3 Å². The average molecular weight is 435 g/mol. The van der Waals surface area contributed by atoms with Crippen LogP contribution in [0, 0.1) is 6.92 Å². The molecule has 0 N–H and O–H groups in total. The average Bonchev–Trinajstić information content (AvgIpc) is 3.41. The van der Waals surface area contributed by atoms with E-state index in [4.69, 9.17) is 9.26 Å². The molecule has 1 fully saturated rings. The van der Waals surface area contributed by atoms with Crippen molar-refractivity contribution in [1.82, 2.24) is 24.8 Å². The molecule has 0 saturated carbocycles. The number of ether oxygens (including phenoxy) is 1. The summed E-state index contributed by atoms with van der Waals surface area (Å²) < 4.78 is 51.4. The lowest BCUT2D eigenvalue weighted by molar-refractivity contribution is -0.140. The molecule has 1 unspecified atom stereocenters. The van der Waals surface area contributed by atoms with E-state index in [9.17, 15) is 18.0 Å². The summed E-state index contributed by atoms with van der Waals surface area (Å²) in [5.41, 5.74) is 0.268. The SMILES string of the molecule is Cc1ccn(CCC(=O)N2CCOC(c3nc(-c4cccc(C(F)(F)F)c4)no3)C2)n1. The molecule has 0 aliphatic carbocycles. The van der Waals surface area contributed by atoms with Crippen LogP contribution in [-0.2, 0) is 22.3 Å². The standard InChI is InChI=1S/C20H20F3N5O3/c1-13-5-7-28(25-13)8-6-17(29)27-9-10-30-16(12-27)19-24-18(26-31-19)14-3-2-4-15(11-14)20(21,22)23/h2-5,7,11,16H,6,8-10,12H2,1H3. The van der Waals surface area contributed by atoms with Gasteiger partial charge in [-0.25, -0.2) is 0 Å². The van der Waals surface area contributed by atoms with Crippen LogP contribution in [0.25, 0.3) is 11.4 Å². The van der Waals surface area contributed by atoms with E-state index in [0.29, 0.717) is 19.7 Å². The summed E-state index contributed by atoms with van der Waals surface area (Å²) in [5, 5.41) is 8.05. The number of halogens is 3. The molecule has 0 bridgehead atoms. The minimum atomic E-state index is -4.47. The van der Waals surface area contributed by atoms with E-state index in [2.05, 4.69) is 15.2 Å². The Morgan fingerprint density at radius 1 is 1.29 bits per heavy atom. The van der Waals surface area contributed by atoms with Crippen molar-refractivity contribution in [3.63, 3.8) is 0 Å². The lowest BCUT2D eigenvalue weighted by atomic mass is 10.1. The van der Waals surface area contributed by atoms with E-state index >= 15 is 0 Å². The third kappa shape index (κ3) is 4.93. The maximum Gasteiger partial charge on any atom is 0.416 e. The number of hydrogen-bond acceptors (Lipinski definition) is 6. The van der Waals surface area contributed by atoms with E-state index < -0.39 is 17.8 Å². The number of hydrogen-bond donors (Lipinski definition) is 0. The molecule has 11 heteroatoms. The van der Waals surface area contributed by atoms with Gasteiger partial charge in [0.2, 0.25) is 11.7 Å². The van der Waals surface area contributed by atoms with Gasteiger partial charge in [-0.3, -0.25) is 9.48 Å². The summed E-state index contributed by atoms with van der Waals surface area (Å²) in [6, 6.07) is 6.56. The summed E-state index contributed by atoms with van der Waals surface area (Å²) in [7, 11) is 0. The Labute approximate surface area is 175 Å². The maximum absolute atomic E-state index is 12.9. The van der Waals surface area contributed by atoms with Gasteiger partial charge < -0.3 is 14.2 Å². The minimum absolute atomic E-state index is 0.0298. The molecule has 0 radical (unpaired) electrons. The molecule has 1 aliphatic rings. The van der Waals surface area contributed by atoms with E-state index in [1.54, 1.807) is 9.58 Å². The first-order valence-corrected chi connectivity index (χ1v) is 9.70. The molecular formula is C20H20F3N5O3. The summed E-state index contributed by atoms with van der Waals surface area (Å²) in [6.07, 6.45) is -3.01. The van der Waals surface area contributed by atoms with Crippen LogP contribution in [0.2, 0.25) is 0 Å². The van der Waals surface area contributed by atoms with Gasteiger partial charge in [-0.1, -0.05) is 17.3 Å². The molecule has 1 aromatic carbocycles. The molecule has 3 heterocycles. The summed E-state index contributed by atoms with van der Waals surface area (Å²) >= 11 is 0. The molecule has 1 aliphatic heterocycles. The van der Waals surface area contributed by atoms with Crippen LogP contribution < -0.4 is 0 Å². The molecule has 31 heavy (non-hydrogen) atoms. The second-order valence-electron chi connectivity index (χ2n) is 7.20. The van der Waals surface area contributed by atoms with Crippen LogP contribution in [0.4, 0.5) is 13.2 Å². The first kappa shape index (κ1) is 21.0. The van der Waals surface area contributed by atoms with Crippen molar-refractivity contribution in [2.24, 2.45) is 0 Å². The highest BCUT2D eigenvalue weighted by Gasteiger charge is 2.32. The van der Waals surface area contributed by atoms with Crippen LogP contribution in [0.3, 0.4) is 0 Å². The molecule has 8 nitrogen and oxygen atoms in total. The molecule has 1 atom stereocenters. The predicted molar refractivity (Wildman–Crippen MR) is 102 cm³/mol. The van der Waals surface area contributed by atoms with Gasteiger partial charge >= 0.3 is 6.18 Å².